The molecule has 2 aliphatic rings. The third-order valence-corrected chi connectivity index (χ3v) is 6.76. The Morgan fingerprint density at radius 3 is 2.57 bits per heavy atom. The number of carboxylic acids is 1. The average Bonchev–Trinajstić information content (AvgIpc) is 2.74. The summed E-state index contributed by atoms with van der Waals surface area (Å²) in [4.78, 5) is 28.2. The molecule has 170 valence electrons. The van der Waals surface area contributed by atoms with Crippen molar-refractivity contribution in [2.24, 2.45) is 34.4 Å². The van der Waals surface area contributed by atoms with Crippen LogP contribution in [0.25, 0.3) is 0 Å². The van der Waals surface area contributed by atoms with Gasteiger partial charge in [0.15, 0.2) is 0 Å². The van der Waals surface area contributed by atoms with Gasteiger partial charge in [0, 0.05) is 30.8 Å². The molecule has 1 aliphatic carbocycles. The van der Waals surface area contributed by atoms with Crippen molar-refractivity contribution >= 4 is 18.1 Å². The fraction of sp³-hybridized carbons (Fsp3) is 0.792. The molecule has 1 heterocycles. The van der Waals surface area contributed by atoms with E-state index in [-0.39, 0.29) is 5.91 Å². The minimum atomic E-state index is -0.791. The van der Waals surface area contributed by atoms with Gasteiger partial charge < -0.3 is 16.2 Å². The SMILES string of the molecule is CCCC[C@H](N)C(=O)NCCCC(CC1=CCC(C2CCC(C)CC2)C=N1)C(=O)O. The first kappa shape index (κ1) is 24.6. The maximum atomic E-state index is 11.9. The predicted octanol–water partition coefficient (Wildman–Crippen LogP) is 4.29. The zero-order valence-electron chi connectivity index (χ0n) is 18.8. The molecule has 4 N–H and O–H groups in total. The van der Waals surface area contributed by atoms with Crippen molar-refractivity contribution in [1.29, 1.82) is 0 Å². The number of allylic oxidation sites excluding steroid dienone is 2. The van der Waals surface area contributed by atoms with Crippen LogP contribution in [0.1, 0.15) is 84.5 Å². The summed E-state index contributed by atoms with van der Waals surface area (Å²) in [5, 5.41) is 12.4. The van der Waals surface area contributed by atoms with E-state index >= 15 is 0 Å². The highest BCUT2D eigenvalue weighted by Crippen LogP contribution is 2.36. The van der Waals surface area contributed by atoms with Crippen LogP contribution in [-0.4, -0.2) is 35.8 Å². The number of rotatable bonds is 12. The molecule has 2 unspecified atom stereocenters. The van der Waals surface area contributed by atoms with Crippen LogP contribution >= 0.6 is 0 Å². The van der Waals surface area contributed by atoms with E-state index in [9.17, 15) is 14.7 Å². The second-order valence-electron chi connectivity index (χ2n) is 9.31. The van der Waals surface area contributed by atoms with Crippen LogP contribution in [0, 0.1) is 23.7 Å². The summed E-state index contributed by atoms with van der Waals surface area (Å²) in [5.41, 5.74) is 6.76. The normalized spacial score (nSPS) is 26.0. The number of aliphatic imine (C=N–C) groups is 1. The number of hydrogen-bond donors (Lipinski definition) is 3. The molecule has 0 bridgehead atoms. The van der Waals surface area contributed by atoms with E-state index in [4.69, 9.17) is 5.73 Å². The van der Waals surface area contributed by atoms with Gasteiger partial charge in [0.05, 0.1) is 12.0 Å². The molecular weight excluding hydrogens is 378 g/mol. The number of amides is 1. The first-order valence-electron chi connectivity index (χ1n) is 11.9. The molecule has 30 heavy (non-hydrogen) atoms. The maximum absolute atomic E-state index is 11.9. The van der Waals surface area contributed by atoms with Crippen molar-refractivity contribution in [2.75, 3.05) is 6.54 Å². The number of carbonyl (C=O) groups is 2. The lowest BCUT2D eigenvalue weighted by Crippen LogP contribution is -2.41. The third-order valence-electron chi connectivity index (χ3n) is 6.76. The fourth-order valence-electron chi connectivity index (χ4n) is 4.55. The van der Waals surface area contributed by atoms with Crippen molar-refractivity contribution in [3.05, 3.63) is 11.8 Å². The minimum Gasteiger partial charge on any atom is -0.481 e. The third kappa shape index (κ3) is 8.21. The van der Waals surface area contributed by atoms with Gasteiger partial charge in [-0.1, -0.05) is 45.6 Å². The Morgan fingerprint density at radius 2 is 1.97 bits per heavy atom. The van der Waals surface area contributed by atoms with E-state index in [1.807, 2.05) is 0 Å². The number of carboxylic acid groups (broad SMARTS) is 1. The summed E-state index contributed by atoms with van der Waals surface area (Å²) in [6.07, 6.45) is 14.7. The van der Waals surface area contributed by atoms with Crippen LogP contribution < -0.4 is 11.1 Å². The van der Waals surface area contributed by atoms with Crippen LogP contribution in [0.3, 0.4) is 0 Å². The minimum absolute atomic E-state index is 0.141. The molecule has 0 radical (unpaired) electrons. The van der Waals surface area contributed by atoms with Crippen molar-refractivity contribution in [3.63, 3.8) is 0 Å². The summed E-state index contributed by atoms with van der Waals surface area (Å²) in [5.74, 6) is 0.688. The van der Waals surface area contributed by atoms with Gasteiger partial charge in [-0.2, -0.15) is 0 Å². The number of nitrogens with zero attached hydrogens (tertiary/aromatic N) is 1. The van der Waals surface area contributed by atoms with Crippen molar-refractivity contribution in [1.82, 2.24) is 5.32 Å². The van der Waals surface area contributed by atoms with Gasteiger partial charge >= 0.3 is 5.97 Å². The van der Waals surface area contributed by atoms with Gasteiger partial charge in [0.25, 0.3) is 0 Å². The van der Waals surface area contributed by atoms with Crippen LogP contribution in [0.4, 0.5) is 0 Å². The quantitative estimate of drug-likeness (QED) is 0.410. The van der Waals surface area contributed by atoms with Crippen LogP contribution in [0.15, 0.2) is 16.8 Å². The number of nitrogens with two attached hydrogens (primary N) is 1. The molecule has 1 aliphatic heterocycles. The second kappa shape index (κ2) is 12.9. The van der Waals surface area contributed by atoms with E-state index < -0.39 is 17.9 Å². The van der Waals surface area contributed by atoms with Crippen molar-refractivity contribution < 1.29 is 14.7 Å². The fourth-order valence-corrected chi connectivity index (χ4v) is 4.55. The first-order valence-corrected chi connectivity index (χ1v) is 11.9. The maximum Gasteiger partial charge on any atom is 0.306 e. The lowest BCUT2D eigenvalue weighted by atomic mass is 9.75. The molecule has 1 saturated carbocycles. The highest BCUT2D eigenvalue weighted by atomic mass is 16.4. The van der Waals surface area contributed by atoms with E-state index in [2.05, 4.69) is 36.4 Å². The Morgan fingerprint density at radius 1 is 1.23 bits per heavy atom. The lowest BCUT2D eigenvalue weighted by Gasteiger charge is -2.31. The summed E-state index contributed by atoms with van der Waals surface area (Å²) in [6, 6.07) is -0.470. The molecule has 1 fully saturated rings. The topological polar surface area (TPSA) is 105 Å². The number of unbranched alkanes of at least 4 members (excludes halogenated alkanes) is 1. The van der Waals surface area contributed by atoms with Crippen LogP contribution in [0.2, 0.25) is 0 Å². The lowest BCUT2D eigenvalue weighted by molar-refractivity contribution is -0.141. The van der Waals surface area contributed by atoms with Gasteiger partial charge in [0.1, 0.15) is 0 Å². The second-order valence-corrected chi connectivity index (χ2v) is 9.31. The van der Waals surface area contributed by atoms with Gasteiger partial charge in [-0.25, -0.2) is 0 Å². The van der Waals surface area contributed by atoms with Gasteiger partial charge in [-0.3, -0.25) is 14.6 Å². The number of carbonyl (C=O) groups excluding carboxylic acids is 1. The molecule has 6 heteroatoms. The monoisotopic (exact) mass is 419 g/mol. The Bertz CT molecular complexity index is 609. The molecule has 6 nitrogen and oxygen atoms in total. The Kier molecular flexibility index (Phi) is 10.6. The molecule has 0 aromatic rings. The highest BCUT2D eigenvalue weighted by molar-refractivity contribution is 5.81. The average molecular weight is 420 g/mol. The van der Waals surface area contributed by atoms with Gasteiger partial charge in [-0.15, -0.1) is 0 Å². The van der Waals surface area contributed by atoms with Crippen molar-refractivity contribution in [3.8, 4) is 0 Å². The number of nitrogens with one attached hydrogen (secondary N) is 1. The van der Waals surface area contributed by atoms with Crippen LogP contribution in [-0.2, 0) is 9.59 Å². The highest BCUT2D eigenvalue weighted by Gasteiger charge is 2.27. The standard InChI is InChI=1S/C24H41N3O3/c1-3-4-7-22(25)23(28)26-14-5-6-19(24(29)30)15-21-13-12-20(16-27-21)18-10-8-17(2)9-11-18/h13,16-20,22H,3-12,14-15,25H2,1-2H3,(H,26,28)(H,29,30)/t17?,18?,19?,20?,22-/m0/s1. The molecule has 0 aromatic carbocycles. The molecular formula is C24H41N3O3. The Balaban J connectivity index is 1.71. The first-order chi connectivity index (χ1) is 14.4. The summed E-state index contributed by atoms with van der Waals surface area (Å²) < 4.78 is 0. The van der Waals surface area contributed by atoms with E-state index in [1.165, 1.54) is 25.7 Å². The molecule has 2 rings (SSSR count). The molecule has 0 saturated heterocycles. The zero-order valence-corrected chi connectivity index (χ0v) is 18.8. The number of hydrogen-bond acceptors (Lipinski definition) is 4. The van der Waals surface area contributed by atoms with E-state index in [0.717, 1.165) is 36.8 Å². The van der Waals surface area contributed by atoms with Crippen molar-refractivity contribution in [2.45, 2.75) is 90.5 Å². The van der Waals surface area contributed by atoms with Gasteiger partial charge in [0.2, 0.25) is 5.91 Å². The smallest absolute Gasteiger partial charge is 0.306 e. The summed E-state index contributed by atoms with van der Waals surface area (Å²) in [7, 11) is 0. The molecule has 3 atom stereocenters. The predicted molar refractivity (Wildman–Crippen MR) is 121 cm³/mol. The Labute approximate surface area is 181 Å². The molecule has 0 aromatic heterocycles. The summed E-state index contributed by atoms with van der Waals surface area (Å²) in [6.45, 7) is 4.87. The largest absolute Gasteiger partial charge is 0.481 e. The molecule has 0 spiro atoms. The number of aliphatic carboxylic acids is 1. The van der Waals surface area contributed by atoms with Gasteiger partial charge in [-0.05, 0) is 50.4 Å². The van der Waals surface area contributed by atoms with Crippen LogP contribution in [0.5, 0.6) is 0 Å². The zero-order chi connectivity index (χ0) is 21.9. The Hall–Kier alpha value is -1.69. The molecule has 1 amide bonds. The van der Waals surface area contributed by atoms with E-state index in [1.54, 1.807) is 0 Å². The summed E-state index contributed by atoms with van der Waals surface area (Å²) >= 11 is 0. The van der Waals surface area contributed by atoms with E-state index in [0.29, 0.717) is 38.1 Å².